The maximum atomic E-state index is 13.3. The van der Waals surface area contributed by atoms with Gasteiger partial charge in [0.05, 0.1) is 18.8 Å². The van der Waals surface area contributed by atoms with Gasteiger partial charge >= 0.3 is 16.3 Å². The van der Waals surface area contributed by atoms with Crippen molar-refractivity contribution in [3.8, 4) is 0 Å². The molecule has 3 amide bonds. The van der Waals surface area contributed by atoms with Gasteiger partial charge in [0.2, 0.25) is 5.60 Å². The van der Waals surface area contributed by atoms with Gasteiger partial charge in [-0.15, -0.1) is 22.7 Å². The van der Waals surface area contributed by atoms with Gasteiger partial charge in [-0.1, -0.05) is 5.16 Å². The molecule has 1 unspecified atom stereocenters. The van der Waals surface area contributed by atoms with E-state index in [2.05, 4.69) is 25.8 Å². The number of oxime groups is 1. The Labute approximate surface area is 276 Å². The highest BCUT2D eigenvalue weighted by atomic mass is 32.2. The molecule has 0 saturated carbocycles. The first kappa shape index (κ1) is 35.6. The summed E-state index contributed by atoms with van der Waals surface area (Å²) in [5, 5.41) is 23.4. The largest absolute Gasteiger partial charge is 0.478 e. The summed E-state index contributed by atoms with van der Waals surface area (Å²) in [6.45, 7) is 3.11. The molecule has 0 aromatic carbocycles. The second-order valence-corrected chi connectivity index (χ2v) is 14.1. The minimum atomic E-state index is -5.09. The Hall–Kier alpha value is -4.26. The molecule has 0 bridgehead atoms. The van der Waals surface area contributed by atoms with Gasteiger partial charge in [-0.25, -0.2) is 24.1 Å². The lowest BCUT2D eigenvalue weighted by molar-refractivity contribution is -0.161. The first-order valence-electron chi connectivity index (χ1n) is 13.6. The van der Waals surface area contributed by atoms with Crippen molar-refractivity contribution in [3.63, 3.8) is 0 Å². The first-order valence-corrected chi connectivity index (χ1v) is 16.7. The lowest BCUT2D eigenvalue weighted by Gasteiger charge is -2.44. The van der Waals surface area contributed by atoms with E-state index in [1.165, 1.54) is 25.4 Å². The number of rotatable bonds is 14. The topological polar surface area (TPSA) is 302 Å². The lowest BCUT2D eigenvalue weighted by Crippen LogP contribution is -2.74. The molecule has 1 fully saturated rings. The number of nitrogen functional groups attached to an aromatic ring is 1. The molecule has 2 aromatic rings. The van der Waals surface area contributed by atoms with E-state index >= 15 is 0 Å². The number of β-lactam (4-membered cyclic amide) rings is 1. The Bertz CT molecular complexity index is 1720. The van der Waals surface area contributed by atoms with E-state index in [0.29, 0.717) is 24.6 Å². The number of carbonyl (C=O) groups excluding carboxylic acids is 3. The maximum absolute atomic E-state index is 13.3. The van der Waals surface area contributed by atoms with Gasteiger partial charge < -0.3 is 42.8 Å². The molecule has 0 aliphatic carbocycles. The van der Waals surface area contributed by atoms with Gasteiger partial charge in [0.25, 0.3) is 17.7 Å². The van der Waals surface area contributed by atoms with Crippen LogP contribution in [0.2, 0.25) is 0 Å². The van der Waals surface area contributed by atoms with Gasteiger partial charge in [0.1, 0.15) is 21.6 Å². The van der Waals surface area contributed by atoms with E-state index in [-0.39, 0.29) is 26.0 Å². The normalized spacial score (nSPS) is 19.7. The van der Waals surface area contributed by atoms with Gasteiger partial charge in [0.15, 0.2) is 10.8 Å². The number of carboxylic acid groups (broad SMARTS) is 1. The van der Waals surface area contributed by atoms with Crippen LogP contribution in [-0.2, 0) is 29.5 Å². The third-order valence-electron chi connectivity index (χ3n) is 6.91. The van der Waals surface area contributed by atoms with Crippen molar-refractivity contribution in [2.75, 3.05) is 39.0 Å². The number of amides is 3. The zero-order valence-electron chi connectivity index (χ0n) is 25.2. The molecule has 2 aromatic heterocycles. The van der Waals surface area contributed by atoms with E-state index in [1.54, 1.807) is 0 Å². The number of thiazole rings is 2. The van der Waals surface area contributed by atoms with Gasteiger partial charge in [-0.2, -0.15) is 8.42 Å². The van der Waals surface area contributed by atoms with Crippen LogP contribution >= 0.6 is 22.7 Å². The fraction of sp³-hybridized carbons (Fsp3) is 0.458. The molecule has 3 atom stereocenters. The number of aromatic nitrogens is 2. The van der Waals surface area contributed by atoms with Gasteiger partial charge in [-0.3, -0.25) is 18.9 Å². The SMILES string of the molecule is CN1CC(c2ncc(C(=O)NC[C@@H]3[C@H](NC(=O)/C(=N\OC(C)(C)C(=O)O)c4csc(N)n4)C(=O)N3S(=O)(=O)O)s2)=CN1CC(N)CN. The molecule has 0 spiro atoms. The number of nitrogens with two attached hydrogens (primary N) is 3. The first-order chi connectivity index (χ1) is 21.9. The van der Waals surface area contributed by atoms with E-state index in [4.69, 9.17) is 22.0 Å². The summed E-state index contributed by atoms with van der Waals surface area (Å²) in [5.41, 5.74) is 15.5. The smallest absolute Gasteiger partial charge is 0.362 e. The quantitative estimate of drug-likeness (QED) is 0.0459. The number of aliphatic carboxylic acids is 1. The number of carboxylic acids is 1. The molecular weight excluding hydrogens is 683 g/mol. The number of nitrogens with zero attached hydrogens (tertiary/aromatic N) is 6. The average Bonchev–Trinajstić information content (AvgIpc) is 3.73. The molecule has 47 heavy (non-hydrogen) atoms. The summed E-state index contributed by atoms with van der Waals surface area (Å²) >= 11 is 2.00. The molecule has 256 valence electrons. The van der Waals surface area contributed by atoms with Crippen molar-refractivity contribution in [2.24, 2.45) is 16.6 Å². The standard InChI is InChI=1S/C24H33N11O9S3/c1-24(2,22(39)40)44-32-16(13-10-45-23(27)30-13)19(37)31-17-14(35(21(17)38)47(41,42)43)5-28-18(36)15-6-29-20(46-15)11-7-33(3)34(8-11)9-12(26)4-25/h6,8,10,12,14,17H,4-5,7,9,25-26H2,1-3H3,(H2,27,30)(H,28,36)(H,31,37)(H,39,40)(H,41,42,43)/b32-16-/t12?,14-,17+/m1/s1. The highest BCUT2D eigenvalue weighted by Crippen LogP contribution is 2.28. The van der Waals surface area contributed by atoms with E-state index in [1.807, 2.05) is 23.3 Å². The minimum Gasteiger partial charge on any atom is -0.478 e. The van der Waals surface area contributed by atoms with Crippen LogP contribution in [0.1, 0.15) is 34.2 Å². The molecule has 2 aliphatic rings. The fourth-order valence-corrected chi connectivity index (χ4v) is 6.53. The van der Waals surface area contributed by atoms with Crippen LogP contribution < -0.4 is 27.8 Å². The van der Waals surface area contributed by atoms with Gasteiger partial charge in [0, 0.05) is 49.9 Å². The molecular formula is C24H33N11O9S3. The van der Waals surface area contributed by atoms with Crippen LogP contribution in [0.15, 0.2) is 22.9 Å². The van der Waals surface area contributed by atoms with E-state index in [0.717, 1.165) is 28.2 Å². The van der Waals surface area contributed by atoms with E-state index < -0.39 is 63.9 Å². The van der Waals surface area contributed by atoms with Gasteiger partial charge in [-0.05, 0) is 13.8 Å². The summed E-state index contributed by atoms with van der Waals surface area (Å²) in [7, 11) is -3.24. The Morgan fingerprint density at radius 3 is 2.62 bits per heavy atom. The Balaban J connectivity index is 1.48. The van der Waals surface area contributed by atoms with E-state index in [9.17, 15) is 37.3 Å². The second-order valence-electron chi connectivity index (χ2n) is 10.9. The molecule has 2 aliphatic heterocycles. The number of nitrogens with one attached hydrogen (secondary N) is 2. The van der Waals surface area contributed by atoms with Crippen LogP contribution in [0.5, 0.6) is 0 Å². The third kappa shape index (κ3) is 8.01. The van der Waals surface area contributed by atoms with Crippen molar-refractivity contribution in [2.45, 2.75) is 37.6 Å². The summed E-state index contributed by atoms with van der Waals surface area (Å²) < 4.78 is 33.7. The second kappa shape index (κ2) is 13.8. The number of hydrogen-bond acceptors (Lipinski definition) is 17. The van der Waals surface area contributed by atoms with Crippen molar-refractivity contribution in [1.29, 1.82) is 0 Å². The third-order valence-corrected chi connectivity index (χ3v) is 9.60. The maximum Gasteiger partial charge on any atom is 0.362 e. The molecule has 0 radical (unpaired) electrons. The minimum absolute atomic E-state index is 0.0337. The van der Waals surface area contributed by atoms with Crippen LogP contribution in [0.3, 0.4) is 0 Å². The Morgan fingerprint density at radius 2 is 2.02 bits per heavy atom. The number of hydrogen-bond donors (Lipinski definition) is 7. The molecule has 20 nitrogen and oxygen atoms in total. The number of hydrazine groups is 1. The van der Waals surface area contributed by atoms with Crippen molar-refractivity contribution in [1.82, 2.24) is 34.9 Å². The number of likely N-dealkylation sites (N-methyl/N-ethyl adjacent to an activating group) is 1. The highest BCUT2D eigenvalue weighted by molar-refractivity contribution is 7.84. The molecule has 4 heterocycles. The Morgan fingerprint density at radius 1 is 1.32 bits per heavy atom. The summed E-state index contributed by atoms with van der Waals surface area (Å²) in [6, 6.07) is -3.27. The van der Waals surface area contributed by atoms with Crippen LogP contribution in [0.25, 0.3) is 5.57 Å². The summed E-state index contributed by atoms with van der Waals surface area (Å²) in [6.07, 6.45) is 3.18. The van der Waals surface area contributed by atoms with Crippen molar-refractivity contribution in [3.05, 3.63) is 33.4 Å². The van der Waals surface area contributed by atoms with Crippen LogP contribution in [0, 0.1) is 0 Å². The predicted molar refractivity (Wildman–Crippen MR) is 169 cm³/mol. The zero-order valence-corrected chi connectivity index (χ0v) is 27.6. The summed E-state index contributed by atoms with van der Waals surface area (Å²) in [4.78, 5) is 63.9. The molecule has 10 N–H and O–H groups in total. The summed E-state index contributed by atoms with van der Waals surface area (Å²) in [5.74, 6) is -4.38. The Kier molecular flexibility index (Phi) is 10.5. The fourth-order valence-electron chi connectivity index (χ4n) is 4.27. The van der Waals surface area contributed by atoms with Crippen LogP contribution in [-0.4, -0.2) is 129 Å². The number of carbonyl (C=O) groups is 4. The van der Waals surface area contributed by atoms with Crippen LogP contribution in [0.4, 0.5) is 5.13 Å². The molecule has 4 rings (SSSR count). The highest BCUT2D eigenvalue weighted by Gasteiger charge is 2.54. The monoisotopic (exact) mass is 715 g/mol. The molecule has 23 heteroatoms. The average molecular weight is 716 g/mol. The predicted octanol–water partition coefficient (Wildman–Crippen LogP) is -2.52. The lowest BCUT2D eigenvalue weighted by atomic mass is 9.98. The van der Waals surface area contributed by atoms with Crippen molar-refractivity contribution < 1.29 is 42.1 Å². The number of anilines is 1. The zero-order chi connectivity index (χ0) is 34.8. The van der Waals surface area contributed by atoms with Crippen molar-refractivity contribution >= 4 is 73.1 Å². The molecule has 1 saturated heterocycles.